The third kappa shape index (κ3) is 5.78. The van der Waals surface area contributed by atoms with Crippen LogP contribution in [0.1, 0.15) is 40.0 Å². The first-order valence-electron chi connectivity index (χ1n) is 9.59. The highest BCUT2D eigenvalue weighted by Gasteiger charge is 2.42. The van der Waals surface area contributed by atoms with Crippen molar-refractivity contribution >= 4 is 17.7 Å². The third-order valence-corrected chi connectivity index (χ3v) is 4.91. The largest absolute Gasteiger partial charge is 0.274 e. The molecule has 9 nitrogen and oxygen atoms in total. The Bertz CT molecular complexity index is 618. The van der Waals surface area contributed by atoms with Crippen LogP contribution in [-0.2, 0) is 28.9 Å². The highest BCUT2D eigenvalue weighted by molar-refractivity contribution is 5.93. The first-order chi connectivity index (χ1) is 14.0. The van der Waals surface area contributed by atoms with Crippen molar-refractivity contribution in [3.63, 3.8) is 0 Å². The van der Waals surface area contributed by atoms with Crippen LogP contribution in [-0.4, -0.2) is 72.4 Å². The minimum atomic E-state index is -0.464. The zero-order valence-electron chi connectivity index (χ0n) is 18.8. The minimum absolute atomic E-state index is 0.304. The molecule has 0 heterocycles. The van der Waals surface area contributed by atoms with Crippen LogP contribution in [0.4, 0.5) is 0 Å². The summed E-state index contributed by atoms with van der Waals surface area (Å²) in [4.78, 5) is 53.9. The summed E-state index contributed by atoms with van der Waals surface area (Å²) in [5.41, 5.74) is 0.913. The molecule has 0 aromatic carbocycles. The molecule has 168 valence electrons. The molecule has 0 spiro atoms. The molecule has 1 aliphatic carbocycles. The molecule has 0 saturated heterocycles. The average molecular weight is 424 g/mol. The fourth-order valence-electron chi connectivity index (χ4n) is 3.56. The van der Waals surface area contributed by atoms with Crippen molar-refractivity contribution in [3.8, 4) is 0 Å². The maximum atomic E-state index is 12.6. The Morgan fingerprint density at radius 3 is 0.933 bits per heavy atom. The number of rotatable bonds is 9. The predicted octanol–water partition coefficient (Wildman–Crippen LogP) is 2.17. The van der Waals surface area contributed by atoms with E-state index in [0.717, 1.165) is 0 Å². The van der Waals surface area contributed by atoms with E-state index < -0.39 is 18.1 Å². The summed E-state index contributed by atoms with van der Waals surface area (Å²) in [6.45, 7) is 15.8. The SMILES string of the molecule is C=C(C)C(=O)N(OC)C1CC(N(OC)C(=O)C(=C)C)CC(N(OC)C(=O)C(=C)C)C1. The van der Waals surface area contributed by atoms with E-state index in [4.69, 9.17) is 14.5 Å². The van der Waals surface area contributed by atoms with Crippen LogP contribution in [0.2, 0.25) is 0 Å². The van der Waals surface area contributed by atoms with Gasteiger partial charge in [-0.25, -0.2) is 15.2 Å². The van der Waals surface area contributed by atoms with Crippen molar-refractivity contribution in [2.24, 2.45) is 0 Å². The number of carbonyl (C=O) groups is 3. The summed E-state index contributed by atoms with van der Waals surface area (Å²) in [5.74, 6) is -1.15. The highest BCUT2D eigenvalue weighted by Crippen LogP contribution is 2.32. The zero-order chi connectivity index (χ0) is 23.2. The van der Waals surface area contributed by atoms with E-state index in [2.05, 4.69) is 19.7 Å². The summed E-state index contributed by atoms with van der Waals surface area (Å²) < 4.78 is 0. The van der Waals surface area contributed by atoms with Gasteiger partial charge in [-0.05, 0) is 40.0 Å². The molecule has 0 aliphatic heterocycles. The summed E-state index contributed by atoms with van der Waals surface area (Å²) >= 11 is 0. The predicted molar refractivity (Wildman–Crippen MR) is 111 cm³/mol. The van der Waals surface area contributed by atoms with Crippen LogP contribution in [0.5, 0.6) is 0 Å². The normalized spacial score (nSPS) is 20.8. The molecule has 0 radical (unpaired) electrons. The average Bonchev–Trinajstić information content (AvgIpc) is 2.69. The van der Waals surface area contributed by atoms with Crippen molar-refractivity contribution in [1.82, 2.24) is 15.2 Å². The van der Waals surface area contributed by atoms with Gasteiger partial charge in [-0.3, -0.25) is 28.9 Å². The molecule has 9 heteroatoms. The van der Waals surface area contributed by atoms with Crippen LogP contribution >= 0.6 is 0 Å². The van der Waals surface area contributed by atoms with Gasteiger partial charge in [0.1, 0.15) is 0 Å². The quantitative estimate of drug-likeness (QED) is 0.417. The summed E-state index contributed by atoms with van der Waals surface area (Å²) in [6.07, 6.45) is 1.11. The standard InChI is InChI=1S/C21H33N3O6/c1-13(2)19(25)22(28-7)16-10-17(23(29-8)20(26)14(3)4)12-18(11-16)24(30-9)21(27)15(5)6/h16-18H,1,3,5,10-12H2,2,4,6-9H3. The lowest BCUT2D eigenvalue weighted by Gasteiger charge is -2.44. The number of hydrogen-bond acceptors (Lipinski definition) is 6. The lowest BCUT2D eigenvalue weighted by molar-refractivity contribution is -0.225. The summed E-state index contributed by atoms with van der Waals surface area (Å²) in [5, 5.41) is 3.67. The van der Waals surface area contributed by atoms with E-state index in [0.29, 0.717) is 36.0 Å². The Labute approximate surface area is 178 Å². The molecule has 30 heavy (non-hydrogen) atoms. The summed E-state index contributed by atoms with van der Waals surface area (Å²) in [7, 11) is 4.17. The number of amides is 3. The van der Waals surface area contributed by atoms with Gasteiger partial charge in [0.2, 0.25) is 0 Å². The number of hydroxylamine groups is 6. The minimum Gasteiger partial charge on any atom is -0.274 e. The van der Waals surface area contributed by atoms with Gasteiger partial charge >= 0.3 is 0 Å². The first-order valence-corrected chi connectivity index (χ1v) is 9.59. The Morgan fingerprint density at radius 2 is 0.800 bits per heavy atom. The molecule has 3 amide bonds. The highest BCUT2D eigenvalue weighted by atomic mass is 16.7. The fourth-order valence-corrected chi connectivity index (χ4v) is 3.56. The van der Waals surface area contributed by atoms with Gasteiger partial charge in [-0.15, -0.1) is 0 Å². The van der Waals surface area contributed by atoms with Gasteiger partial charge in [0.15, 0.2) is 0 Å². The van der Waals surface area contributed by atoms with Gasteiger partial charge in [-0.2, -0.15) is 0 Å². The Morgan fingerprint density at radius 1 is 0.600 bits per heavy atom. The van der Waals surface area contributed by atoms with Crippen molar-refractivity contribution in [3.05, 3.63) is 36.5 Å². The van der Waals surface area contributed by atoms with Crippen LogP contribution in [0, 0.1) is 0 Å². The smallest absolute Gasteiger partial charge is 0.272 e. The second-order valence-corrected chi connectivity index (χ2v) is 7.45. The number of nitrogens with zero attached hydrogens (tertiary/aromatic N) is 3. The molecular formula is C21H33N3O6. The Kier molecular flexibility index (Phi) is 9.41. The third-order valence-electron chi connectivity index (χ3n) is 4.91. The van der Waals surface area contributed by atoms with E-state index in [1.807, 2.05) is 0 Å². The van der Waals surface area contributed by atoms with Gasteiger partial charge < -0.3 is 0 Å². The fraction of sp³-hybridized carbons (Fsp3) is 0.571. The van der Waals surface area contributed by atoms with Crippen LogP contribution < -0.4 is 0 Å². The lowest BCUT2D eigenvalue weighted by atomic mass is 9.85. The Balaban J connectivity index is 3.36. The van der Waals surface area contributed by atoms with E-state index in [-0.39, 0.29) is 17.7 Å². The molecule has 1 rings (SSSR count). The zero-order valence-corrected chi connectivity index (χ0v) is 18.8. The second-order valence-electron chi connectivity index (χ2n) is 7.45. The van der Waals surface area contributed by atoms with E-state index in [1.54, 1.807) is 20.8 Å². The maximum Gasteiger partial charge on any atom is 0.272 e. The van der Waals surface area contributed by atoms with Gasteiger partial charge in [0.25, 0.3) is 17.7 Å². The lowest BCUT2D eigenvalue weighted by Crippen LogP contribution is -2.56. The van der Waals surface area contributed by atoms with Gasteiger partial charge in [0.05, 0.1) is 39.5 Å². The maximum absolute atomic E-state index is 12.6. The van der Waals surface area contributed by atoms with Crippen LogP contribution in [0.25, 0.3) is 0 Å². The summed E-state index contributed by atoms with van der Waals surface area (Å²) in [6, 6.07) is -1.39. The molecule has 0 aromatic heterocycles. The molecule has 1 fully saturated rings. The van der Waals surface area contributed by atoms with Crippen LogP contribution in [0.3, 0.4) is 0 Å². The molecule has 1 saturated carbocycles. The van der Waals surface area contributed by atoms with Crippen molar-refractivity contribution < 1.29 is 28.9 Å². The molecule has 0 aromatic rings. The van der Waals surface area contributed by atoms with E-state index in [9.17, 15) is 14.4 Å². The van der Waals surface area contributed by atoms with Crippen molar-refractivity contribution in [2.45, 2.75) is 58.2 Å². The van der Waals surface area contributed by atoms with Gasteiger partial charge in [0, 0.05) is 16.7 Å². The second kappa shape index (κ2) is 11.1. The van der Waals surface area contributed by atoms with Crippen molar-refractivity contribution in [2.75, 3.05) is 21.3 Å². The molecule has 0 atom stereocenters. The monoisotopic (exact) mass is 423 g/mol. The van der Waals surface area contributed by atoms with E-state index >= 15 is 0 Å². The van der Waals surface area contributed by atoms with E-state index in [1.165, 1.54) is 36.5 Å². The molecule has 0 unspecified atom stereocenters. The van der Waals surface area contributed by atoms with Crippen molar-refractivity contribution in [1.29, 1.82) is 0 Å². The van der Waals surface area contributed by atoms with Crippen LogP contribution in [0.15, 0.2) is 36.5 Å². The number of hydrogen-bond donors (Lipinski definition) is 0. The molecule has 0 N–H and O–H groups in total. The Hall–Kier alpha value is -2.49. The molecule has 1 aliphatic rings. The van der Waals surface area contributed by atoms with Gasteiger partial charge in [-0.1, -0.05) is 19.7 Å². The first kappa shape index (κ1) is 25.5. The molecule has 0 bridgehead atoms. The molecular weight excluding hydrogens is 390 g/mol. The topological polar surface area (TPSA) is 88.6 Å². The number of carbonyl (C=O) groups excluding carboxylic acids is 3.